The van der Waals surface area contributed by atoms with Crippen molar-refractivity contribution < 1.29 is 32.5 Å². The molecule has 0 radical (unpaired) electrons. The number of halogens is 4. The zero-order valence-electron chi connectivity index (χ0n) is 32.4. The molecular weight excluding hydrogens is 775 g/mol. The first-order valence-corrected chi connectivity index (χ1v) is 19.9. The lowest BCUT2D eigenvalue weighted by atomic mass is 9.94. The summed E-state index contributed by atoms with van der Waals surface area (Å²) in [6.07, 6.45) is -1.26. The van der Waals surface area contributed by atoms with Crippen molar-refractivity contribution in [2.45, 2.75) is 48.4 Å². The molecule has 7 rings (SSSR count). The molecule has 0 aliphatic carbocycles. The quantitative estimate of drug-likeness (QED) is 0.0945. The average Bonchev–Trinajstić information content (AvgIpc) is 3.21. The summed E-state index contributed by atoms with van der Waals surface area (Å²) in [6.45, 7) is 10.5. The number of H-pyrrole nitrogens is 2. The van der Waals surface area contributed by atoms with Crippen LogP contribution in [0.3, 0.4) is 0 Å². The van der Waals surface area contributed by atoms with E-state index in [1.54, 1.807) is 11.1 Å². The van der Waals surface area contributed by atoms with Gasteiger partial charge in [0.15, 0.2) is 0 Å². The van der Waals surface area contributed by atoms with Crippen molar-refractivity contribution in [3.05, 3.63) is 141 Å². The lowest BCUT2D eigenvalue weighted by molar-refractivity contribution is -0.137. The van der Waals surface area contributed by atoms with Crippen molar-refractivity contribution in [3.63, 3.8) is 0 Å². The number of benzene rings is 4. The highest BCUT2D eigenvalue weighted by Gasteiger charge is 2.32. The Bertz CT molecular complexity index is 2230. The molecule has 1 saturated heterocycles. The Morgan fingerprint density at radius 3 is 2.26 bits per heavy atom. The molecule has 5 aromatic rings. The second kappa shape index (κ2) is 21.3. The normalized spacial score (nSPS) is 15.5. The van der Waals surface area contributed by atoms with Crippen LogP contribution in [-0.4, -0.2) is 101 Å². The second-order valence-corrected chi connectivity index (χ2v) is 15.1. The zero-order valence-corrected chi connectivity index (χ0v) is 33.2. The molecule has 4 aromatic carbocycles. The van der Waals surface area contributed by atoms with E-state index < -0.39 is 34.9 Å². The minimum absolute atomic E-state index is 0.183. The van der Waals surface area contributed by atoms with Crippen molar-refractivity contribution in [2.75, 3.05) is 59.0 Å². The van der Waals surface area contributed by atoms with Crippen LogP contribution >= 0.6 is 11.8 Å². The number of nitrogens with zero attached hydrogens (tertiary/aromatic N) is 2. The molecule has 10 nitrogen and oxygen atoms in total. The molecule has 0 amide bonds. The molecule has 0 saturated carbocycles. The fourth-order valence-electron chi connectivity index (χ4n) is 6.37. The number of aromatic amines is 2. The molecule has 1 unspecified atom stereocenters. The maximum absolute atomic E-state index is 13.3. The third-order valence-corrected chi connectivity index (χ3v) is 10.5. The van der Waals surface area contributed by atoms with Crippen LogP contribution < -0.4 is 21.3 Å². The van der Waals surface area contributed by atoms with Gasteiger partial charge in [-0.2, -0.15) is 17.6 Å². The van der Waals surface area contributed by atoms with Gasteiger partial charge in [0.2, 0.25) is 5.82 Å². The highest BCUT2D eigenvalue weighted by atomic mass is 32.2. The SMILES string of the molecule is CC(C)NCC(O)COc1cccc2ccccc12.O=c1[nH]cc(F)c(=O)[nH]1.OCCN1CCN(CC/C=C2/c3ccccc3Sc3ccc(C(F)(F)F)cc32)CC1. The Morgan fingerprint density at radius 2 is 1.57 bits per heavy atom. The first kappa shape index (κ1) is 44.3. The number of piperazine rings is 1. The lowest BCUT2D eigenvalue weighted by Gasteiger charge is -2.34. The predicted octanol–water partition coefficient (Wildman–Crippen LogP) is 6.38. The van der Waals surface area contributed by atoms with E-state index in [-0.39, 0.29) is 6.61 Å². The molecule has 2 aliphatic heterocycles. The Hall–Kier alpha value is -4.77. The number of alkyl halides is 3. The first-order valence-electron chi connectivity index (χ1n) is 19.1. The van der Waals surface area contributed by atoms with Gasteiger partial charge in [0.25, 0.3) is 5.56 Å². The van der Waals surface area contributed by atoms with Gasteiger partial charge in [0.05, 0.1) is 12.2 Å². The summed E-state index contributed by atoms with van der Waals surface area (Å²) in [6, 6.07) is 26.4. The van der Waals surface area contributed by atoms with Crippen LogP contribution in [-0.2, 0) is 6.18 Å². The number of rotatable bonds is 11. The van der Waals surface area contributed by atoms with E-state index in [9.17, 15) is 32.3 Å². The highest BCUT2D eigenvalue weighted by molar-refractivity contribution is 7.99. The van der Waals surface area contributed by atoms with Gasteiger partial charge in [0.1, 0.15) is 18.5 Å². The van der Waals surface area contributed by atoms with Gasteiger partial charge in [-0.05, 0) is 58.8 Å². The number of ether oxygens (including phenoxy) is 1. The number of hydrogen-bond acceptors (Lipinski definition) is 9. The van der Waals surface area contributed by atoms with Gasteiger partial charge >= 0.3 is 11.9 Å². The number of aliphatic hydroxyl groups is 2. The van der Waals surface area contributed by atoms with E-state index in [0.717, 1.165) is 76.6 Å². The molecule has 2 aliphatic rings. The summed E-state index contributed by atoms with van der Waals surface area (Å²) >= 11 is 1.53. The van der Waals surface area contributed by atoms with E-state index in [1.807, 2.05) is 59.6 Å². The highest BCUT2D eigenvalue weighted by Crippen LogP contribution is 2.47. The summed E-state index contributed by atoms with van der Waals surface area (Å²) in [5.74, 6) is -0.170. The van der Waals surface area contributed by atoms with Crippen LogP contribution in [0, 0.1) is 5.82 Å². The maximum Gasteiger partial charge on any atom is 0.416 e. The van der Waals surface area contributed by atoms with E-state index >= 15 is 0 Å². The Kier molecular flexibility index (Phi) is 16.3. The van der Waals surface area contributed by atoms with Gasteiger partial charge in [-0.25, -0.2) is 4.79 Å². The standard InChI is InChI=1S/C23H25F3N2OS.C16H21NO2.C4H3FN2O2/c24-23(25,26)17-7-8-22-20(16-17)18(19-4-1-2-6-21(19)30-22)5-3-9-27-10-12-28(13-11-27)14-15-29;1-12(2)17-10-14(18)11-19-16-9-5-7-13-6-3-4-8-15(13)16;5-2-1-6-4(9)7-3(2)8/h1-2,4-8,16,29H,3,9-15H2;3-9,12,14,17-18H,10-11H2,1-2H3;1H,(H2,6,7,8,9)/b18-5-;;. The van der Waals surface area contributed by atoms with Crippen molar-refractivity contribution >= 4 is 28.1 Å². The summed E-state index contributed by atoms with van der Waals surface area (Å²) < 4.78 is 57.6. The van der Waals surface area contributed by atoms with Crippen molar-refractivity contribution in [1.82, 2.24) is 25.1 Å². The van der Waals surface area contributed by atoms with E-state index in [0.29, 0.717) is 37.5 Å². The molecule has 1 atom stereocenters. The monoisotopic (exact) mass is 823 g/mol. The van der Waals surface area contributed by atoms with E-state index in [1.165, 1.54) is 23.9 Å². The topological polar surface area (TPSA) is 134 Å². The number of aliphatic hydroxyl groups excluding tert-OH is 2. The minimum Gasteiger partial charge on any atom is -0.490 e. The number of β-amino-alcohol motifs (C(OH)–C–C–N with tert-alkyl or cyclic N) is 1. The smallest absolute Gasteiger partial charge is 0.416 e. The van der Waals surface area contributed by atoms with Gasteiger partial charge in [-0.1, -0.05) is 86.3 Å². The molecule has 0 bridgehead atoms. The average molecular weight is 824 g/mol. The minimum atomic E-state index is -4.35. The van der Waals surface area contributed by atoms with Crippen molar-refractivity contribution in [3.8, 4) is 5.75 Å². The lowest BCUT2D eigenvalue weighted by Crippen LogP contribution is -2.47. The Labute approximate surface area is 338 Å². The molecule has 1 fully saturated rings. The number of aromatic nitrogens is 2. The number of hydrogen-bond donors (Lipinski definition) is 5. The van der Waals surface area contributed by atoms with Gasteiger partial charge in [-0.3, -0.25) is 14.7 Å². The number of fused-ring (bicyclic) bond motifs is 3. The maximum atomic E-state index is 13.3. The van der Waals surface area contributed by atoms with Crippen LogP contribution in [0.1, 0.15) is 37.0 Å². The Balaban J connectivity index is 0.000000194. The fraction of sp³-hybridized carbons (Fsp3) is 0.349. The second-order valence-electron chi connectivity index (χ2n) is 14.0. The van der Waals surface area contributed by atoms with Gasteiger partial charge in [0, 0.05) is 73.2 Å². The summed E-state index contributed by atoms with van der Waals surface area (Å²) in [5, 5.41) is 24.3. The van der Waals surface area contributed by atoms with Crippen molar-refractivity contribution in [2.24, 2.45) is 0 Å². The molecule has 15 heteroatoms. The summed E-state index contributed by atoms with van der Waals surface area (Å²) in [5.41, 5.74) is 0.250. The predicted molar refractivity (Wildman–Crippen MR) is 220 cm³/mol. The third kappa shape index (κ3) is 12.9. The largest absolute Gasteiger partial charge is 0.490 e. The molecule has 0 spiro atoms. The van der Waals surface area contributed by atoms with Crippen LogP contribution in [0.4, 0.5) is 17.6 Å². The van der Waals surface area contributed by atoms with Crippen LogP contribution in [0.25, 0.3) is 16.3 Å². The molecule has 58 heavy (non-hydrogen) atoms. The van der Waals surface area contributed by atoms with Crippen molar-refractivity contribution in [1.29, 1.82) is 0 Å². The Morgan fingerprint density at radius 1 is 0.897 bits per heavy atom. The van der Waals surface area contributed by atoms with E-state index in [4.69, 9.17) is 9.84 Å². The van der Waals surface area contributed by atoms with Gasteiger partial charge in [-0.15, -0.1) is 0 Å². The van der Waals surface area contributed by atoms with E-state index in [2.05, 4.69) is 47.2 Å². The zero-order chi connectivity index (χ0) is 41.7. The fourth-order valence-corrected chi connectivity index (χ4v) is 7.45. The molecule has 3 heterocycles. The molecular formula is C43H49F4N5O5S. The van der Waals surface area contributed by atoms with Crippen LogP contribution in [0.5, 0.6) is 5.75 Å². The van der Waals surface area contributed by atoms with Crippen LogP contribution in [0.2, 0.25) is 0 Å². The number of nitrogens with one attached hydrogen (secondary N) is 3. The van der Waals surface area contributed by atoms with Gasteiger partial charge < -0.3 is 30.2 Å². The van der Waals surface area contributed by atoms with Crippen LogP contribution in [0.15, 0.2) is 117 Å². The molecule has 1 aromatic heterocycles. The molecule has 310 valence electrons. The third-order valence-electron chi connectivity index (χ3n) is 9.39. The first-order chi connectivity index (χ1) is 27.8. The molecule has 5 N–H and O–H groups in total. The summed E-state index contributed by atoms with van der Waals surface area (Å²) in [4.78, 5) is 30.6. The summed E-state index contributed by atoms with van der Waals surface area (Å²) in [7, 11) is 0.